The Morgan fingerprint density at radius 2 is 1.95 bits per heavy atom. The Bertz CT molecular complexity index is 797. The number of carboxylic acids is 1. The van der Waals surface area contributed by atoms with E-state index in [1.165, 1.54) is 0 Å². The lowest BCUT2D eigenvalue weighted by Gasteiger charge is -2.04. The summed E-state index contributed by atoms with van der Waals surface area (Å²) in [7, 11) is -3.76. The number of halogens is 2. The van der Waals surface area contributed by atoms with Gasteiger partial charge in [0.25, 0.3) is 0 Å². The zero-order valence-corrected chi connectivity index (χ0v) is 10.7. The van der Waals surface area contributed by atoms with E-state index in [1.807, 2.05) is 0 Å². The molecule has 0 fully saturated rings. The molecule has 9 heteroatoms. The van der Waals surface area contributed by atoms with Crippen LogP contribution in [-0.2, 0) is 9.84 Å². The Balaban J connectivity index is 2.66. The highest BCUT2D eigenvalue weighted by molar-refractivity contribution is 7.90. The molecule has 0 saturated heterocycles. The second-order valence-corrected chi connectivity index (χ2v) is 5.94. The fourth-order valence-corrected chi connectivity index (χ4v) is 2.12. The number of hydrogen-bond donors (Lipinski definition) is 1. The van der Waals surface area contributed by atoms with Crippen LogP contribution in [0, 0.1) is 11.6 Å². The van der Waals surface area contributed by atoms with E-state index >= 15 is 0 Å². The third-order valence-electron chi connectivity index (χ3n) is 2.43. The average molecular weight is 303 g/mol. The number of sulfone groups is 1. The summed E-state index contributed by atoms with van der Waals surface area (Å²) in [6.07, 6.45) is 0.828. The van der Waals surface area contributed by atoms with Gasteiger partial charge in [-0.05, 0) is 12.1 Å². The van der Waals surface area contributed by atoms with Crippen LogP contribution in [0.2, 0.25) is 0 Å². The van der Waals surface area contributed by atoms with Crippen molar-refractivity contribution in [3.8, 4) is 11.3 Å². The van der Waals surface area contributed by atoms with Gasteiger partial charge in [-0.3, -0.25) is 0 Å². The van der Waals surface area contributed by atoms with Crippen molar-refractivity contribution in [3.63, 3.8) is 0 Å². The molecule has 0 bridgehead atoms. The SMILES string of the molecule is CS(=O)(=O)c1cc(F)c(F)c(-c2cc(C(=O)O)on2)c1. The monoisotopic (exact) mass is 303 g/mol. The summed E-state index contributed by atoms with van der Waals surface area (Å²) in [5.41, 5.74) is -0.814. The minimum absolute atomic E-state index is 0.315. The number of aromatic nitrogens is 1. The van der Waals surface area contributed by atoms with Gasteiger partial charge in [-0.2, -0.15) is 0 Å². The molecular weight excluding hydrogens is 296 g/mol. The van der Waals surface area contributed by atoms with Crippen LogP contribution in [0.1, 0.15) is 10.6 Å². The first-order valence-corrected chi connectivity index (χ1v) is 6.99. The molecule has 0 amide bonds. The van der Waals surface area contributed by atoms with E-state index in [4.69, 9.17) is 5.11 Å². The van der Waals surface area contributed by atoms with Crippen LogP contribution >= 0.6 is 0 Å². The van der Waals surface area contributed by atoms with Gasteiger partial charge in [0.2, 0.25) is 5.76 Å². The van der Waals surface area contributed by atoms with Crippen LogP contribution in [0.15, 0.2) is 27.6 Å². The highest BCUT2D eigenvalue weighted by Gasteiger charge is 2.21. The molecule has 2 aromatic rings. The number of nitrogens with zero attached hydrogens (tertiary/aromatic N) is 1. The first-order chi connectivity index (χ1) is 9.20. The van der Waals surface area contributed by atoms with Gasteiger partial charge in [0.05, 0.1) is 4.90 Å². The Kier molecular flexibility index (Phi) is 3.30. The molecule has 6 nitrogen and oxygen atoms in total. The molecule has 0 spiro atoms. The smallest absolute Gasteiger partial charge is 0.374 e. The van der Waals surface area contributed by atoms with Crippen molar-refractivity contribution >= 4 is 15.8 Å². The van der Waals surface area contributed by atoms with Crippen molar-refractivity contribution in [1.82, 2.24) is 5.16 Å². The first kappa shape index (κ1) is 14.1. The van der Waals surface area contributed by atoms with Crippen LogP contribution in [0.25, 0.3) is 11.3 Å². The molecule has 1 aromatic carbocycles. The van der Waals surface area contributed by atoms with E-state index < -0.39 is 43.7 Å². The van der Waals surface area contributed by atoms with E-state index in [0.29, 0.717) is 6.07 Å². The molecule has 0 aliphatic heterocycles. The van der Waals surface area contributed by atoms with Crippen molar-refractivity contribution < 1.29 is 31.6 Å². The van der Waals surface area contributed by atoms with Gasteiger partial charge in [0, 0.05) is 17.9 Å². The Morgan fingerprint density at radius 1 is 1.30 bits per heavy atom. The molecule has 1 N–H and O–H groups in total. The Hall–Kier alpha value is -2.29. The maximum atomic E-state index is 13.7. The number of benzene rings is 1. The molecule has 0 aliphatic rings. The highest BCUT2D eigenvalue weighted by Crippen LogP contribution is 2.27. The normalized spacial score (nSPS) is 11.6. The third-order valence-corrected chi connectivity index (χ3v) is 3.52. The van der Waals surface area contributed by atoms with Crippen LogP contribution < -0.4 is 0 Å². The predicted molar refractivity (Wildman–Crippen MR) is 61.9 cm³/mol. The number of carbonyl (C=O) groups is 1. The average Bonchev–Trinajstić information content (AvgIpc) is 2.80. The molecule has 0 radical (unpaired) electrons. The standard InChI is InChI=1S/C11H7F2NO5S/c1-20(17,18)5-2-6(10(13)7(12)3-5)8-4-9(11(15)16)19-14-8/h2-4H,1H3,(H,15,16). The lowest BCUT2D eigenvalue weighted by atomic mass is 10.1. The van der Waals surface area contributed by atoms with E-state index in [1.54, 1.807) is 0 Å². The molecular formula is C11H7F2NO5S. The maximum Gasteiger partial charge on any atom is 0.374 e. The topological polar surface area (TPSA) is 97.5 Å². The molecule has 0 aliphatic carbocycles. The predicted octanol–water partition coefficient (Wildman–Crippen LogP) is 1.72. The fourth-order valence-electron chi connectivity index (χ4n) is 1.47. The number of hydrogen-bond acceptors (Lipinski definition) is 5. The number of aromatic carboxylic acids is 1. The molecule has 0 unspecified atom stereocenters. The van der Waals surface area contributed by atoms with Crippen LogP contribution in [0.5, 0.6) is 0 Å². The van der Waals surface area contributed by atoms with Crippen LogP contribution in [0.3, 0.4) is 0 Å². The van der Waals surface area contributed by atoms with E-state index in [0.717, 1.165) is 18.4 Å². The van der Waals surface area contributed by atoms with Crippen molar-refractivity contribution in [2.75, 3.05) is 6.26 Å². The van der Waals surface area contributed by atoms with Gasteiger partial charge in [-0.15, -0.1) is 0 Å². The summed E-state index contributed by atoms with van der Waals surface area (Å²) in [6.45, 7) is 0. The second kappa shape index (κ2) is 4.67. The summed E-state index contributed by atoms with van der Waals surface area (Å²) in [5.74, 6) is -4.75. The molecule has 0 saturated carbocycles. The minimum atomic E-state index is -3.76. The second-order valence-electron chi connectivity index (χ2n) is 3.92. The van der Waals surface area contributed by atoms with Crippen molar-refractivity contribution in [2.45, 2.75) is 4.90 Å². The molecule has 1 heterocycles. The van der Waals surface area contributed by atoms with Gasteiger partial charge in [0.15, 0.2) is 21.5 Å². The minimum Gasteiger partial charge on any atom is -0.475 e. The molecule has 106 valence electrons. The number of rotatable bonds is 3. The van der Waals surface area contributed by atoms with Crippen LogP contribution in [-0.4, -0.2) is 30.9 Å². The number of carboxylic acid groups (broad SMARTS) is 1. The summed E-state index contributed by atoms with van der Waals surface area (Å²) in [4.78, 5) is 10.2. The summed E-state index contributed by atoms with van der Waals surface area (Å²) < 4.78 is 54.2. The Labute approximate surface area is 111 Å². The molecule has 20 heavy (non-hydrogen) atoms. The van der Waals surface area contributed by atoms with Gasteiger partial charge in [-0.25, -0.2) is 22.0 Å². The molecule has 2 rings (SSSR count). The summed E-state index contributed by atoms with van der Waals surface area (Å²) in [5, 5.41) is 11.9. The van der Waals surface area contributed by atoms with Crippen molar-refractivity contribution in [1.29, 1.82) is 0 Å². The Morgan fingerprint density at radius 3 is 2.45 bits per heavy atom. The van der Waals surface area contributed by atoms with Gasteiger partial charge < -0.3 is 9.63 Å². The molecule has 0 atom stereocenters. The summed E-state index contributed by atoms with van der Waals surface area (Å²) >= 11 is 0. The van der Waals surface area contributed by atoms with E-state index in [2.05, 4.69) is 9.68 Å². The summed E-state index contributed by atoms with van der Waals surface area (Å²) in [6, 6.07) is 2.26. The third kappa shape index (κ3) is 2.52. The van der Waals surface area contributed by atoms with E-state index in [9.17, 15) is 22.0 Å². The van der Waals surface area contributed by atoms with Gasteiger partial charge >= 0.3 is 5.97 Å². The first-order valence-electron chi connectivity index (χ1n) is 5.09. The van der Waals surface area contributed by atoms with Gasteiger partial charge in [0.1, 0.15) is 5.69 Å². The van der Waals surface area contributed by atoms with E-state index in [-0.39, 0.29) is 5.69 Å². The zero-order valence-electron chi connectivity index (χ0n) is 9.92. The zero-order chi connectivity index (χ0) is 15.1. The van der Waals surface area contributed by atoms with Gasteiger partial charge in [-0.1, -0.05) is 5.16 Å². The largest absolute Gasteiger partial charge is 0.475 e. The lowest BCUT2D eigenvalue weighted by molar-refractivity contribution is 0.0652. The lowest BCUT2D eigenvalue weighted by Crippen LogP contribution is -2.01. The highest BCUT2D eigenvalue weighted by atomic mass is 32.2. The van der Waals surface area contributed by atoms with Crippen molar-refractivity contribution in [2.24, 2.45) is 0 Å². The van der Waals surface area contributed by atoms with Crippen molar-refractivity contribution in [3.05, 3.63) is 35.6 Å². The quantitative estimate of drug-likeness (QED) is 0.867. The maximum absolute atomic E-state index is 13.7. The van der Waals surface area contributed by atoms with Crippen LogP contribution in [0.4, 0.5) is 8.78 Å². The fraction of sp³-hybridized carbons (Fsp3) is 0.0909. The molecule has 1 aromatic heterocycles.